The number of nitrogens with one attached hydrogen (secondary N) is 1. The second-order valence-electron chi connectivity index (χ2n) is 5.11. The summed E-state index contributed by atoms with van der Waals surface area (Å²) in [6.45, 7) is 0. The summed E-state index contributed by atoms with van der Waals surface area (Å²) in [4.78, 5) is 26.2. The van der Waals surface area contributed by atoms with Gasteiger partial charge in [-0.05, 0) is 29.0 Å². The zero-order chi connectivity index (χ0) is 15.5. The molecule has 2 aromatic carbocycles. The lowest BCUT2D eigenvalue weighted by Crippen LogP contribution is -2.11. The molecule has 22 heavy (non-hydrogen) atoms. The van der Waals surface area contributed by atoms with Gasteiger partial charge in [-0.15, -0.1) is 0 Å². The lowest BCUT2D eigenvalue weighted by atomic mass is 9.96. The summed E-state index contributed by atoms with van der Waals surface area (Å²) < 4.78 is 0. The van der Waals surface area contributed by atoms with Crippen LogP contribution in [0.2, 0.25) is 0 Å². The number of rotatable bonds is 4. The second-order valence-corrected chi connectivity index (χ2v) is 5.11. The standard InChI is InChI=1S/C18H15NO3/c20-16(21)11-10-14-13-8-4-5-9-15(13)18(22)19-17(14)12-6-2-1-3-7-12/h1-9H,10-11H2,(H,19,22)(H,20,21). The van der Waals surface area contributed by atoms with E-state index >= 15 is 0 Å². The van der Waals surface area contributed by atoms with Crippen LogP contribution in [0.3, 0.4) is 0 Å². The first-order valence-corrected chi connectivity index (χ1v) is 7.08. The van der Waals surface area contributed by atoms with Crippen molar-refractivity contribution >= 4 is 16.7 Å². The number of aromatic nitrogens is 1. The maximum atomic E-state index is 12.3. The van der Waals surface area contributed by atoms with Gasteiger partial charge < -0.3 is 10.1 Å². The Kier molecular flexibility index (Phi) is 3.74. The van der Waals surface area contributed by atoms with E-state index in [1.807, 2.05) is 42.5 Å². The smallest absolute Gasteiger partial charge is 0.303 e. The van der Waals surface area contributed by atoms with Crippen LogP contribution in [-0.4, -0.2) is 16.1 Å². The van der Waals surface area contributed by atoms with E-state index in [0.29, 0.717) is 17.5 Å². The van der Waals surface area contributed by atoms with Crippen molar-refractivity contribution in [2.75, 3.05) is 0 Å². The van der Waals surface area contributed by atoms with Crippen molar-refractivity contribution in [2.24, 2.45) is 0 Å². The molecule has 110 valence electrons. The van der Waals surface area contributed by atoms with Crippen molar-refractivity contribution in [1.82, 2.24) is 4.98 Å². The quantitative estimate of drug-likeness (QED) is 0.776. The lowest BCUT2D eigenvalue weighted by molar-refractivity contribution is -0.136. The van der Waals surface area contributed by atoms with Gasteiger partial charge in [-0.2, -0.15) is 0 Å². The number of hydrogen-bond acceptors (Lipinski definition) is 2. The van der Waals surface area contributed by atoms with Gasteiger partial charge in [0.1, 0.15) is 0 Å². The van der Waals surface area contributed by atoms with E-state index < -0.39 is 5.97 Å². The van der Waals surface area contributed by atoms with Gasteiger partial charge in [0.25, 0.3) is 5.56 Å². The minimum atomic E-state index is -0.853. The Morgan fingerprint density at radius 3 is 2.27 bits per heavy atom. The zero-order valence-corrected chi connectivity index (χ0v) is 11.9. The Morgan fingerprint density at radius 2 is 1.59 bits per heavy atom. The fourth-order valence-corrected chi connectivity index (χ4v) is 2.68. The fraction of sp³-hybridized carbons (Fsp3) is 0.111. The van der Waals surface area contributed by atoms with Crippen LogP contribution in [-0.2, 0) is 11.2 Å². The summed E-state index contributed by atoms with van der Waals surface area (Å²) in [5.41, 5.74) is 2.29. The molecule has 0 saturated carbocycles. The van der Waals surface area contributed by atoms with Crippen molar-refractivity contribution in [1.29, 1.82) is 0 Å². The number of aliphatic carboxylic acids is 1. The summed E-state index contributed by atoms with van der Waals surface area (Å²) in [6.07, 6.45) is 0.396. The second kappa shape index (κ2) is 5.85. The molecule has 0 bridgehead atoms. The van der Waals surface area contributed by atoms with E-state index in [1.165, 1.54) is 0 Å². The van der Waals surface area contributed by atoms with Crippen molar-refractivity contribution < 1.29 is 9.90 Å². The number of benzene rings is 2. The molecule has 0 unspecified atom stereocenters. The molecule has 0 aliphatic rings. The minimum absolute atomic E-state index is 0.0237. The number of carbonyl (C=O) groups is 1. The molecule has 0 aliphatic carbocycles. The Morgan fingerprint density at radius 1 is 0.955 bits per heavy atom. The molecule has 4 heteroatoms. The topological polar surface area (TPSA) is 70.2 Å². The number of hydrogen-bond donors (Lipinski definition) is 2. The van der Waals surface area contributed by atoms with Crippen LogP contribution in [0.1, 0.15) is 12.0 Å². The van der Waals surface area contributed by atoms with Crippen LogP contribution < -0.4 is 5.56 Å². The van der Waals surface area contributed by atoms with Gasteiger partial charge in [-0.25, -0.2) is 0 Å². The molecule has 1 aromatic heterocycles. The molecule has 3 rings (SSSR count). The van der Waals surface area contributed by atoms with Crippen LogP contribution in [0.25, 0.3) is 22.0 Å². The minimum Gasteiger partial charge on any atom is -0.481 e. The molecule has 0 fully saturated rings. The lowest BCUT2D eigenvalue weighted by Gasteiger charge is -2.12. The average molecular weight is 293 g/mol. The normalized spacial score (nSPS) is 10.7. The summed E-state index contributed by atoms with van der Waals surface area (Å²) in [6, 6.07) is 16.8. The van der Waals surface area contributed by atoms with Crippen LogP contribution in [0, 0.1) is 0 Å². The molecular formula is C18H15NO3. The van der Waals surface area contributed by atoms with Gasteiger partial charge in [-0.3, -0.25) is 9.59 Å². The van der Waals surface area contributed by atoms with Crippen LogP contribution in [0.15, 0.2) is 59.4 Å². The summed E-state index contributed by atoms with van der Waals surface area (Å²) in [5, 5.41) is 10.4. The van der Waals surface area contributed by atoms with Crippen molar-refractivity contribution in [3.05, 3.63) is 70.5 Å². The Bertz CT molecular complexity index is 882. The van der Waals surface area contributed by atoms with E-state index in [9.17, 15) is 9.59 Å². The molecule has 1 heterocycles. The van der Waals surface area contributed by atoms with Gasteiger partial charge in [0.2, 0.25) is 0 Å². The summed E-state index contributed by atoms with van der Waals surface area (Å²) in [5.74, 6) is -0.853. The highest BCUT2D eigenvalue weighted by Crippen LogP contribution is 2.27. The van der Waals surface area contributed by atoms with E-state index in [4.69, 9.17) is 5.11 Å². The summed E-state index contributed by atoms with van der Waals surface area (Å²) >= 11 is 0. The van der Waals surface area contributed by atoms with Crippen LogP contribution in [0.5, 0.6) is 0 Å². The first-order valence-electron chi connectivity index (χ1n) is 7.08. The largest absolute Gasteiger partial charge is 0.481 e. The molecule has 0 aliphatic heterocycles. The molecular weight excluding hydrogens is 278 g/mol. The summed E-state index contributed by atoms with van der Waals surface area (Å²) in [7, 11) is 0. The predicted molar refractivity (Wildman–Crippen MR) is 86.0 cm³/mol. The monoisotopic (exact) mass is 293 g/mol. The van der Waals surface area contributed by atoms with E-state index in [1.54, 1.807) is 12.1 Å². The fourth-order valence-electron chi connectivity index (χ4n) is 2.68. The molecule has 0 radical (unpaired) electrons. The maximum absolute atomic E-state index is 12.3. The number of aryl methyl sites for hydroxylation is 1. The van der Waals surface area contributed by atoms with E-state index in [-0.39, 0.29) is 12.0 Å². The first-order chi connectivity index (χ1) is 10.7. The molecule has 0 atom stereocenters. The number of carboxylic acid groups (broad SMARTS) is 1. The van der Waals surface area contributed by atoms with Gasteiger partial charge in [0.05, 0.1) is 5.69 Å². The van der Waals surface area contributed by atoms with Crippen molar-refractivity contribution in [3.63, 3.8) is 0 Å². The third-order valence-electron chi connectivity index (χ3n) is 3.69. The number of aromatic amines is 1. The molecule has 4 nitrogen and oxygen atoms in total. The maximum Gasteiger partial charge on any atom is 0.303 e. The Hall–Kier alpha value is -2.88. The molecule has 2 N–H and O–H groups in total. The van der Waals surface area contributed by atoms with Gasteiger partial charge in [0.15, 0.2) is 0 Å². The number of fused-ring (bicyclic) bond motifs is 1. The molecule has 0 amide bonds. The highest BCUT2D eigenvalue weighted by Gasteiger charge is 2.13. The van der Waals surface area contributed by atoms with Crippen LogP contribution in [0.4, 0.5) is 0 Å². The zero-order valence-electron chi connectivity index (χ0n) is 11.9. The third kappa shape index (κ3) is 2.63. The van der Waals surface area contributed by atoms with E-state index in [2.05, 4.69) is 4.98 Å². The molecule has 3 aromatic rings. The van der Waals surface area contributed by atoms with Crippen LogP contribution >= 0.6 is 0 Å². The number of H-pyrrole nitrogens is 1. The SMILES string of the molecule is O=C(O)CCc1c(-c2ccccc2)[nH]c(=O)c2ccccc12. The van der Waals surface area contributed by atoms with Crippen molar-refractivity contribution in [3.8, 4) is 11.3 Å². The Labute approximate surface area is 127 Å². The van der Waals surface area contributed by atoms with Crippen molar-refractivity contribution in [2.45, 2.75) is 12.8 Å². The van der Waals surface area contributed by atoms with Gasteiger partial charge >= 0.3 is 5.97 Å². The molecule has 0 spiro atoms. The highest BCUT2D eigenvalue weighted by molar-refractivity contribution is 5.90. The predicted octanol–water partition coefficient (Wildman–Crippen LogP) is 3.21. The highest BCUT2D eigenvalue weighted by atomic mass is 16.4. The third-order valence-corrected chi connectivity index (χ3v) is 3.69. The first kappa shape index (κ1) is 14.1. The van der Waals surface area contributed by atoms with Gasteiger partial charge in [0, 0.05) is 11.8 Å². The average Bonchev–Trinajstić information content (AvgIpc) is 2.54. The van der Waals surface area contributed by atoms with E-state index in [0.717, 1.165) is 16.5 Å². The Balaban J connectivity index is 2.28. The van der Waals surface area contributed by atoms with Gasteiger partial charge in [-0.1, -0.05) is 48.5 Å². The number of carboxylic acids is 1. The molecule has 0 saturated heterocycles. The number of pyridine rings is 1.